The summed E-state index contributed by atoms with van der Waals surface area (Å²) >= 11 is 3.34. The second-order valence-corrected chi connectivity index (χ2v) is 7.02. The molecular weight excluding hydrogens is 272 g/mol. The number of ketones is 1. The number of Topliss-reactive ketones (excluding diaryl/α,β-unsaturated/α-hetero) is 1. The molecular formula is C16H12OS2. The highest BCUT2D eigenvalue weighted by atomic mass is 32.1. The summed E-state index contributed by atoms with van der Waals surface area (Å²) in [6.45, 7) is 0. The van der Waals surface area contributed by atoms with Crippen molar-refractivity contribution >= 4 is 37.9 Å². The van der Waals surface area contributed by atoms with Gasteiger partial charge in [-0.05, 0) is 41.0 Å². The quantitative estimate of drug-likeness (QED) is 0.627. The summed E-state index contributed by atoms with van der Waals surface area (Å²) in [6, 6.07) is 12.6. The molecule has 4 rings (SSSR count). The Morgan fingerprint density at radius 1 is 1.21 bits per heavy atom. The predicted molar refractivity (Wildman–Crippen MR) is 81.5 cm³/mol. The molecule has 1 aromatic carbocycles. The van der Waals surface area contributed by atoms with Crippen LogP contribution >= 0.6 is 22.7 Å². The topological polar surface area (TPSA) is 17.1 Å². The van der Waals surface area contributed by atoms with Gasteiger partial charge in [0.05, 0.1) is 4.88 Å². The zero-order chi connectivity index (χ0) is 12.8. The molecule has 2 aromatic heterocycles. The lowest BCUT2D eigenvalue weighted by molar-refractivity contribution is 0.0974. The molecule has 0 fully saturated rings. The third-order valence-electron chi connectivity index (χ3n) is 3.81. The van der Waals surface area contributed by atoms with Crippen molar-refractivity contribution in [2.24, 2.45) is 0 Å². The van der Waals surface area contributed by atoms with E-state index < -0.39 is 0 Å². The molecule has 19 heavy (non-hydrogen) atoms. The van der Waals surface area contributed by atoms with Crippen molar-refractivity contribution in [2.75, 3.05) is 0 Å². The molecule has 0 N–H and O–H groups in total. The number of fused-ring (bicyclic) bond motifs is 2. The van der Waals surface area contributed by atoms with Crippen LogP contribution in [0, 0.1) is 0 Å². The van der Waals surface area contributed by atoms with Gasteiger partial charge in [0.2, 0.25) is 0 Å². The first-order valence-electron chi connectivity index (χ1n) is 6.39. The second-order valence-electron chi connectivity index (χ2n) is 4.99. The number of carbonyl (C=O) groups is 1. The van der Waals surface area contributed by atoms with E-state index in [0.29, 0.717) is 18.1 Å². The molecule has 1 aliphatic rings. The van der Waals surface area contributed by atoms with Gasteiger partial charge in [-0.15, -0.1) is 22.7 Å². The van der Waals surface area contributed by atoms with Gasteiger partial charge in [0, 0.05) is 15.8 Å². The standard InChI is InChI=1S/C16H12OS2/c17-13(15-9-16-14(19-15)5-6-18-16)8-11-7-10-3-1-2-4-12(10)11/h1-6,9,11H,7-8H2. The van der Waals surface area contributed by atoms with Crippen molar-refractivity contribution in [3.05, 3.63) is 57.8 Å². The van der Waals surface area contributed by atoms with Crippen molar-refractivity contribution < 1.29 is 4.79 Å². The van der Waals surface area contributed by atoms with Crippen LogP contribution in [0.4, 0.5) is 0 Å². The van der Waals surface area contributed by atoms with Gasteiger partial charge in [0.25, 0.3) is 0 Å². The summed E-state index contributed by atoms with van der Waals surface area (Å²) in [5.41, 5.74) is 2.78. The largest absolute Gasteiger partial charge is 0.293 e. The molecule has 0 bridgehead atoms. The van der Waals surface area contributed by atoms with Gasteiger partial charge in [-0.2, -0.15) is 0 Å². The Labute approximate surface area is 119 Å². The van der Waals surface area contributed by atoms with E-state index in [1.807, 2.05) is 0 Å². The van der Waals surface area contributed by atoms with Crippen LogP contribution in [0.1, 0.15) is 33.1 Å². The number of benzene rings is 1. The lowest BCUT2D eigenvalue weighted by Crippen LogP contribution is -2.19. The molecule has 0 spiro atoms. The van der Waals surface area contributed by atoms with Crippen LogP contribution in [-0.2, 0) is 6.42 Å². The van der Waals surface area contributed by atoms with Gasteiger partial charge in [-0.1, -0.05) is 24.3 Å². The van der Waals surface area contributed by atoms with Crippen LogP contribution in [0.2, 0.25) is 0 Å². The Morgan fingerprint density at radius 3 is 2.95 bits per heavy atom. The van der Waals surface area contributed by atoms with Crippen LogP contribution in [0.5, 0.6) is 0 Å². The Morgan fingerprint density at radius 2 is 2.11 bits per heavy atom. The van der Waals surface area contributed by atoms with E-state index in [4.69, 9.17) is 0 Å². The molecule has 0 aliphatic heterocycles. The molecule has 2 heterocycles. The summed E-state index contributed by atoms with van der Waals surface area (Å²) < 4.78 is 2.48. The maximum Gasteiger partial charge on any atom is 0.173 e. The fourth-order valence-electron chi connectivity index (χ4n) is 2.77. The van der Waals surface area contributed by atoms with Gasteiger partial charge in [0.1, 0.15) is 0 Å². The summed E-state index contributed by atoms with van der Waals surface area (Å²) in [4.78, 5) is 13.3. The van der Waals surface area contributed by atoms with E-state index in [9.17, 15) is 4.79 Å². The third-order valence-corrected chi connectivity index (χ3v) is 5.94. The summed E-state index contributed by atoms with van der Waals surface area (Å²) in [6.07, 6.45) is 1.71. The molecule has 1 nitrogen and oxygen atoms in total. The maximum absolute atomic E-state index is 12.3. The Balaban J connectivity index is 1.55. The smallest absolute Gasteiger partial charge is 0.173 e. The highest BCUT2D eigenvalue weighted by Crippen LogP contribution is 2.39. The van der Waals surface area contributed by atoms with Gasteiger partial charge >= 0.3 is 0 Å². The van der Waals surface area contributed by atoms with Crippen molar-refractivity contribution in [3.63, 3.8) is 0 Å². The zero-order valence-electron chi connectivity index (χ0n) is 10.3. The molecule has 0 saturated carbocycles. The van der Waals surface area contributed by atoms with Gasteiger partial charge in [0.15, 0.2) is 5.78 Å². The first kappa shape index (κ1) is 11.4. The number of hydrogen-bond donors (Lipinski definition) is 0. The zero-order valence-corrected chi connectivity index (χ0v) is 11.9. The molecule has 0 radical (unpaired) electrons. The van der Waals surface area contributed by atoms with Crippen LogP contribution in [0.3, 0.4) is 0 Å². The van der Waals surface area contributed by atoms with Crippen LogP contribution < -0.4 is 0 Å². The molecule has 1 aliphatic carbocycles. The SMILES string of the molecule is O=C(CC1Cc2ccccc21)c1cc2sccc2s1. The molecule has 94 valence electrons. The number of carbonyl (C=O) groups excluding carboxylic acids is 1. The van der Waals surface area contributed by atoms with Crippen molar-refractivity contribution in [1.29, 1.82) is 0 Å². The highest BCUT2D eigenvalue weighted by Gasteiger charge is 2.28. The van der Waals surface area contributed by atoms with E-state index >= 15 is 0 Å². The van der Waals surface area contributed by atoms with Crippen molar-refractivity contribution in [1.82, 2.24) is 0 Å². The van der Waals surface area contributed by atoms with E-state index in [1.165, 1.54) is 20.5 Å². The van der Waals surface area contributed by atoms with Gasteiger partial charge < -0.3 is 0 Å². The van der Waals surface area contributed by atoms with E-state index in [1.54, 1.807) is 22.7 Å². The molecule has 0 saturated heterocycles. The summed E-state index contributed by atoms with van der Waals surface area (Å²) in [5.74, 6) is 0.733. The monoisotopic (exact) mass is 284 g/mol. The minimum Gasteiger partial charge on any atom is -0.293 e. The highest BCUT2D eigenvalue weighted by molar-refractivity contribution is 7.27. The minimum absolute atomic E-state index is 0.299. The number of rotatable bonds is 3. The van der Waals surface area contributed by atoms with Crippen LogP contribution in [-0.4, -0.2) is 5.78 Å². The second kappa shape index (κ2) is 4.29. The van der Waals surface area contributed by atoms with Gasteiger partial charge in [-0.3, -0.25) is 4.79 Å². The van der Waals surface area contributed by atoms with Crippen LogP contribution in [0.15, 0.2) is 41.8 Å². The third kappa shape index (κ3) is 1.85. The minimum atomic E-state index is 0.299. The van der Waals surface area contributed by atoms with E-state index in [0.717, 1.165) is 11.3 Å². The first-order valence-corrected chi connectivity index (χ1v) is 8.09. The van der Waals surface area contributed by atoms with E-state index in [-0.39, 0.29) is 0 Å². The fraction of sp³-hybridized carbons (Fsp3) is 0.188. The summed E-state index contributed by atoms with van der Waals surface area (Å²) in [5, 5.41) is 2.08. The summed E-state index contributed by atoms with van der Waals surface area (Å²) in [7, 11) is 0. The Bertz CT molecular complexity index is 737. The van der Waals surface area contributed by atoms with E-state index in [2.05, 4.69) is 41.8 Å². The number of thiophene rings is 2. The fourth-order valence-corrected chi connectivity index (χ4v) is 4.83. The molecule has 1 atom stereocenters. The average molecular weight is 284 g/mol. The molecule has 0 amide bonds. The molecule has 3 aromatic rings. The van der Waals surface area contributed by atoms with Crippen LogP contribution in [0.25, 0.3) is 9.40 Å². The van der Waals surface area contributed by atoms with Crippen molar-refractivity contribution in [2.45, 2.75) is 18.8 Å². The number of hydrogen-bond acceptors (Lipinski definition) is 3. The Hall–Kier alpha value is -1.45. The normalized spacial score (nSPS) is 17.2. The molecule has 1 unspecified atom stereocenters. The Kier molecular flexibility index (Phi) is 2.57. The lowest BCUT2D eigenvalue weighted by atomic mass is 9.75. The predicted octanol–water partition coefficient (Wildman–Crippen LogP) is 4.88. The van der Waals surface area contributed by atoms with Gasteiger partial charge in [-0.25, -0.2) is 0 Å². The lowest BCUT2D eigenvalue weighted by Gasteiger charge is -2.29. The molecule has 3 heteroatoms. The van der Waals surface area contributed by atoms with Crippen molar-refractivity contribution in [3.8, 4) is 0 Å². The average Bonchev–Trinajstić information content (AvgIpc) is 2.96. The first-order chi connectivity index (χ1) is 9.31. The maximum atomic E-state index is 12.3.